The number of nitro groups is 1. The maximum Gasteiger partial charge on any atom is 0.270 e. The minimum atomic E-state index is -0.369. The molecular formula is C9H12N2O2. The van der Waals surface area contributed by atoms with Crippen LogP contribution in [0.3, 0.4) is 0 Å². The summed E-state index contributed by atoms with van der Waals surface area (Å²) in [6, 6.07) is 5.09. The molecule has 0 heterocycles. The topological polar surface area (TPSA) is 55.2 Å². The van der Waals surface area contributed by atoms with Crippen LogP contribution >= 0.6 is 0 Å². The van der Waals surface area contributed by atoms with Gasteiger partial charge in [0, 0.05) is 18.7 Å². The Morgan fingerprint density at radius 1 is 1.46 bits per heavy atom. The minimum absolute atomic E-state index is 0.158. The third kappa shape index (κ3) is 2.52. The van der Waals surface area contributed by atoms with E-state index in [9.17, 15) is 10.1 Å². The first-order valence-corrected chi connectivity index (χ1v) is 4.03. The SMILES string of the molecule is CNCc1cc(C)cc([N+](=O)[O-])c1. The summed E-state index contributed by atoms with van der Waals surface area (Å²) in [6.45, 7) is 2.51. The summed E-state index contributed by atoms with van der Waals surface area (Å²) < 4.78 is 0. The third-order valence-corrected chi connectivity index (χ3v) is 1.71. The first-order valence-electron chi connectivity index (χ1n) is 4.03. The zero-order valence-corrected chi connectivity index (χ0v) is 7.70. The van der Waals surface area contributed by atoms with Gasteiger partial charge in [0.15, 0.2) is 0 Å². The molecule has 13 heavy (non-hydrogen) atoms. The Morgan fingerprint density at radius 2 is 2.15 bits per heavy atom. The van der Waals surface area contributed by atoms with Crippen LogP contribution in [0.5, 0.6) is 0 Å². The second-order valence-electron chi connectivity index (χ2n) is 2.96. The largest absolute Gasteiger partial charge is 0.316 e. The molecule has 0 aliphatic rings. The highest BCUT2D eigenvalue weighted by atomic mass is 16.6. The van der Waals surface area contributed by atoms with Crippen LogP contribution in [0.1, 0.15) is 11.1 Å². The van der Waals surface area contributed by atoms with Crippen LogP contribution < -0.4 is 5.32 Å². The molecule has 0 fully saturated rings. The van der Waals surface area contributed by atoms with Crippen LogP contribution in [-0.2, 0) is 6.54 Å². The minimum Gasteiger partial charge on any atom is -0.316 e. The molecule has 0 aliphatic carbocycles. The first kappa shape index (κ1) is 9.67. The normalized spacial score (nSPS) is 10.0. The average Bonchev–Trinajstić information content (AvgIpc) is 2.03. The molecule has 0 unspecified atom stereocenters. The van der Waals surface area contributed by atoms with Crippen molar-refractivity contribution in [3.63, 3.8) is 0 Å². The number of hydrogen-bond donors (Lipinski definition) is 1. The van der Waals surface area contributed by atoms with Gasteiger partial charge in [-0.1, -0.05) is 6.07 Å². The summed E-state index contributed by atoms with van der Waals surface area (Å²) in [5, 5.41) is 13.4. The van der Waals surface area contributed by atoms with E-state index in [-0.39, 0.29) is 10.6 Å². The molecule has 0 aromatic heterocycles. The number of hydrogen-bond acceptors (Lipinski definition) is 3. The zero-order chi connectivity index (χ0) is 9.84. The lowest BCUT2D eigenvalue weighted by molar-refractivity contribution is -0.385. The highest BCUT2D eigenvalue weighted by Gasteiger charge is 2.06. The van der Waals surface area contributed by atoms with Gasteiger partial charge >= 0.3 is 0 Å². The smallest absolute Gasteiger partial charge is 0.270 e. The molecule has 1 aromatic rings. The molecule has 0 radical (unpaired) electrons. The fourth-order valence-corrected chi connectivity index (χ4v) is 1.25. The third-order valence-electron chi connectivity index (χ3n) is 1.71. The zero-order valence-electron chi connectivity index (χ0n) is 7.70. The summed E-state index contributed by atoms with van der Waals surface area (Å²) >= 11 is 0. The van der Waals surface area contributed by atoms with Crippen LogP contribution in [-0.4, -0.2) is 12.0 Å². The molecule has 0 bridgehead atoms. The van der Waals surface area contributed by atoms with Gasteiger partial charge in [0.1, 0.15) is 0 Å². The lowest BCUT2D eigenvalue weighted by Crippen LogP contribution is -2.05. The van der Waals surface area contributed by atoms with Crippen molar-refractivity contribution in [1.82, 2.24) is 5.32 Å². The fraction of sp³-hybridized carbons (Fsp3) is 0.333. The van der Waals surface area contributed by atoms with Crippen molar-refractivity contribution in [2.75, 3.05) is 7.05 Å². The molecule has 1 aromatic carbocycles. The molecule has 1 N–H and O–H groups in total. The van der Waals surface area contributed by atoms with Crippen LogP contribution in [0.25, 0.3) is 0 Å². The Morgan fingerprint density at radius 3 is 2.69 bits per heavy atom. The van der Waals surface area contributed by atoms with Crippen LogP contribution in [0.15, 0.2) is 18.2 Å². The van der Waals surface area contributed by atoms with E-state index in [4.69, 9.17) is 0 Å². The van der Waals surface area contributed by atoms with E-state index in [1.54, 1.807) is 12.1 Å². The number of nitrogens with zero attached hydrogens (tertiary/aromatic N) is 1. The van der Waals surface area contributed by atoms with E-state index in [1.807, 2.05) is 20.0 Å². The van der Waals surface area contributed by atoms with Gasteiger partial charge in [-0.25, -0.2) is 0 Å². The highest BCUT2D eigenvalue weighted by Crippen LogP contribution is 2.16. The number of benzene rings is 1. The van der Waals surface area contributed by atoms with Crippen LogP contribution in [0.2, 0.25) is 0 Å². The standard InChI is InChI=1S/C9H12N2O2/c1-7-3-8(6-10-2)5-9(4-7)11(12)13/h3-5,10H,6H2,1-2H3. The van der Waals surface area contributed by atoms with E-state index >= 15 is 0 Å². The second-order valence-corrected chi connectivity index (χ2v) is 2.96. The van der Waals surface area contributed by atoms with Crippen LogP contribution in [0.4, 0.5) is 5.69 Å². The molecule has 0 saturated heterocycles. The fourth-order valence-electron chi connectivity index (χ4n) is 1.25. The second kappa shape index (κ2) is 4.00. The summed E-state index contributed by atoms with van der Waals surface area (Å²) in [5.74, 6) is 0. The van der Waals surface area contributed by atoms with Gasteiger partial charge in [0.25, 0.3) is 5.69 Å². The number of aryl methyl sites for hydroxylation is 1. The van der Waals surface area contributed by atoms with E-state index in [2.05, 4.69) is 5.32 Å². The Labute approximate surface area is 76.7 Å². The summed E-state index contributed by atoms with van der Waals surface area (Å²) in [7, 11) is 1.81. The molecule has 0 amide bonds. The Balaban J connectivity index is 3.03. The predicted octanol–water partition coefficient (Wildman–Crippen LogP) is 1.62. The molecule has 0 atom stereocenters. The number of rotatable bonds is 3. The van der Waals surface area contributed by atoms with Gasteiger partial charge in [-0.2, -0.15) is 0 Å². The van der Waals surface area contributed by atoms with E-state index in [0.717, 1.165) is 11.1 Å². The maximum atomic E-state index is 10.5. The monoisotopic (exact) mass is 180 g/mol. The Hall–Kier alpha value is -1.42. The Kier molecular flexibility index (Phi) is 2.97. The van der Waals surface area contributed by atoms with E-state index in [0.29, 0.717) is 6.54 Å². The van der Waals surface area contributed by atoms with Gasteiger partial charge in [-0.15, -0.1) is 0 Å². The molecular weight excluding hydrogens is 168 g/mol. The lowest BCUT2D eigenvalue weighted by atomic mass is 10.1. The van der Waals surface area contributed by atoms with Crippen LogP contribution in [0, 0.1) is 17.0 Å². The molecule has 4 nitrogen and oxygen atoms in total. The lowest BCUT2D eigenvalue weighted by Gasteiger charge is -2.01. The quantitative estimate of drug-likeness (QED) is 0.568. The van der Waals surface area contributed by atoms with Crippen molar-refractivity contribution < 1.29 is 4.92 Å². The van der Waals surface area contributed by atoms with Crippen molar-refractivity contribution in [3.8, 4) is 0 Å². The van der Waals surface area contributed by atoms with Gasteiger partial charge in [-0.05, 0) is 25.1 Å². The van der Waals surface area contributed by atoms with Crippen molar-refractivity contribution in [3.05, 3.63) is 39.4 Å². The van der Waals surface area contributed by atoms with Crippen molar-refractivity contribution >= 4 is 5.69 Å². The predicted molar refractivity (Wildman–Crippen MR) is 50.6 cm³/mol. The van der Waals surface area contributed by atoms with Gasteiger partial charge in [0.2, 0.25) is 0 Å². The van der Waals surface area contributed by atoms with E-state index in [1.165, 1.54) is 0 Å². The van der Waals surface area contributed by atoms with E-state index < -0.39 is 0 Å². The molecule has 0 aliphatic heterocycles. The maximum absolute atomic E-state index is 10.5. The molecule has 0 saturated carbocycles. The molecule has 70 valence electrons. The molecule has 0 spiro atoms. The number of nitrogens with one attached hydrogen (secondary N) is 1. The number of non-ortho nitro benzene ring substituents is 1. The van der Waals surface area contributed by atoms with Crippen molar-refractivity contribution in [2.45, 2.75) is 13.5 Å². The summed E-state index contributed by atoms with van der Waals surface area (Å²) in [4.78, 5) is 10.1. The first-order chi connectivity index (χ1) is 6.13. The number of nitro benzene ring substituents is 1. The Bertz CT molecular complexity index is 323. The molecule has 4 heteroatoms. The van der Waals surface area contributed by atoms with Gasteiger partial charge in [-0.3, -0.25) is 10.1 Å². The van der Waals surface area contributed by atoms with Gasteiger partial charge < -0.3 is 5.32 Å². The van der Waals surface area contributed by atoms with Crippen molar-refractivity contribution in [1.29, 1.82) is 0 Å². The van der Waals surface area contributed by atoms with Gasteiger partial charge in [0.05, 0.1) is 4.92 Å². The summed E-state index contributed by atoms with van der Waals surface area (Å²) in [6.07, 6.45) is 0. The van der Waals surface area contributed by atoms with Crippen molar-refractivity contribution in [2.24, 2.45) is 0 Å². The molecule has 1 rings (SSSR count). The summed E-state index contributed by atoms with van der Waals surface area (Å²) in [5.41, 5.74) is 2.01. The highest BCUT2D eigenvalue weighted by molar-refractivity contribution is 5.38. The average molecular weight is 180 g/mol.